The van der Waals surface area contributed by atoms with Crippen LogP contribution in [0.4, 0.5) is 0 Å². The van der Waals surface area contributed by atoms with Gasteiger partial charge >= 0.3 is 0 Å². The quantitative estimate of drug-likeness (QED) is 0.573. The molecule has 0 aliphatic carbocycles. The van der Waals surface area contributed by atoms with Crippen LogP contribution in [0, 0.1) is 0 Å². The van der Waals surface area contributed by atoms with Crippen molar-refractivity contribution in [2.75, 3.05) is 0 Å². The van der Waals surface area contributed by atoms with Crippen molar-refractivity contribution >= 4 is 10.9 Å². The van der Waals surface area contributed by atoms with Gasteiger partial charge < -0.3 is 0 Å². The fraction of sp³-hybridized carbons (Fsp3) is 0. The van der Waals surface area contributed by atoms with Crippen LogP contribution in [0.2, 0.25) is 0 Å². The van der Waals surface area contributed by atoms with Crippen molar-refractivity contribution in [1.82, 2.24) is 4.98 Å². The molecule has 0 saturated heterocycles. The van der Waals surface area contributed by atoms with Gasteiger partial charge in [0.15, 0.2) is 0 Å². The van der Waals surface area contributed by atoms with Crippen LogP contribution in [0.5, 0.6) is 0 Å². The maximum absolute atomic E-state index is 4.18. The molecule has 1 heterocycles. The molecule has 0 fully saturated rings. The summed E-state index contributed by atoms with van der Waals surface area (Å²) in [5.74, 6) is 0. The zero-order chi connectivity index (χ0) is 6.81. The van der Waals surface area contributed by atoms with Gasteiger partial charge in [0, 0.05) is 28.7 Å². The first-order chi connectivity index (χ1) is 4.97. The Balaban J connectivity index is 0.000000605. The molecule has 56 valence electrons. The second kappa shape index (κ2) is 3.51. The van der Waals surface area contributed by atoms with Crippen LogP contribution in [-0.2, 0) is 17.1 Å². The zero-order valence-corrected chi connectivity index (χ0v) is 6.95. The van der Waals surface area contributed by atoms with Gasteiger partial charge in [-0.15, -0.1) is 0 Å². The van der Waals surface area contributed by atoms with E-state index in [4.69, 9.17) is 0 Å². The summed E-state index contributed by atoms with van der Waals surface area (Å²) in [6.07, 6.45) is 1.81. The molecule has 11 heavy (non-hydrogen) atoms. The van der Waals surface area contributed by atoms with E-state index in [0.717, 1.165) is 5.52 Å². The van der Waals surface area contributed by atoms with E-state index in [1.807, 2.05) is 30.5 Å². The molecule has 1 aromatic carbocycles. The molecule has 1 nitrogen and oxygen atoms in total. The Labute approximate surface area is 75.9 Å². The van der Waals surface area contributed by atoms with E-state index in [1.165, 1.54) is 5.39 Å². The fourth-order valence-electron chi connectivity index (χ4n) is 1.02. The summed E-state index contributed by atoms with van der Waals surface area (Å²) in [7, 11) is 0. The molecule has 2 heteroatoms. The Kier molecular flexibility index (Phi) is 2.64. The number of pyridine rings is 1. The molecular formula is C9H7FeN. The molecule has 1 aromatic heterocycles. The summed E-state index contributed by atoms with van der Waals surface area (Å²) in [5, 5.41) is 1.20. The van der Waals surface area contributed by atoms with Gasteiger partial charge in [0.2, 0.25) is 0 Å². The van der Waals surface area contributed by atoms with Gasteiger partial charge in [0.25, 0.3) is 0 Å². The number of benzene rings is 1. The van der Waals surface area contributed by atoms with E-state index in [9.17, 15) is 0 Å². The van der Waals surface area contributed by atoms with Crippen molar-refractivity contribution < 1.29 is 17.1 Å². The van der Waals surface area contributed by atoms with E-state index in [0.29, 0.717) is 0 Å². The van der Waals surface area contributed by atoms with Crippen molar-refractivity contribution in [1.29, 1.82) is 0 Å². The number of rotatable bonds is 0. The number of nitrogens with zero attached hydrogens (tertiary/aromatic N) is 1. The van der Waals surface area contributed by atoms with E-state index in [-0.39, 0.29) is 17.1 Å². The average molecular weight is 185 g/mol. The molecule has 0 aliphatic rings. The smallest absolute Gasteiger partial charge is 0.0701 e. The summed E-state index contributed by atoms with van der Waals surface area (Å²) in [4.78, 5) is 4.18. The maximum atomic E-state index is 4.18. The van der Waals surface area contributed by atoms with Crippen LogP contribution in [-0.4, -0.2) is 4.98 Å². The molecule has 0 N–H and O–H groups in total. The second-order valence-electron chi connectivity index (χ2n) is 2.20. The van der Waals surface area contributed by atoms with Crippen LogP contribution in [0.1, 0.15) is 0 Å². The van der Waals surface area contributed by atoms with Gasteiger partial charge in [-0.3, -0.25) is 4.98 Å². The average Bonchev–Trinajstić information content (AvgIpc) is 2.05. The summed E-state index contributed by atoms with van der Waals surface area (Å²) < 4.78 is 0. The molecule has 0 unspecified atom stereocenters. The molecule has 0 aliphatic heterocycles. The summed E-state index contributed by atoms with van der Waals surface area (Å²) in [6, 6.07) is 12.1. The Morgan fingerprint density at radius 3 is 2.45 bits per heavy atom. The number of hydrogen-bond donors (Lipinski definition) is 0. The first-order valence-electron chi connectivity index (χ1n) is 3.26. The molecule has 2 aromatic rings. The minimum absolute atomic E-state index is 0. The molecular weight excluding hydrogens is 178 g/mol. The van der Waals surface area contributed by atoms with Gasteiger partial charge in [-0.25, -0.2) is 0 Å². The standard InChI is InChI=1S/C9H7N.Fe/c1-2-6-9-8(4-1)5-3-7-10-9;/h1-7H;. The predicted octanol–water partition coefficient (Wildman–Crippen LogP) is 2.23. The second-order valence-corrected chi connectivity index (χ2v) is 2.20. The van der Waals surface area contributed by atoms with Crippen molar-refractivity contribution in [3.05, 3.63) is 42.6 Å². The van der Waals surface area contributed by atoms with Crippen molar-refractivity contribution in [2.24, 2.45) is 0 Å². The summed E-state index contributed by atoms with van der Waals surface area (Å²) in [6.45, 7) is 0. The first kappa shape index (κ1) is 8.25. The Bertz CT molecular complexity index is 281. The zero-order valence-electron chi connectivity index (χ0n) is 5.84. The predicted molar refractivity (Wildman–Crippen MR) is 41.7 cm³/mol. The van der Waals surface area contributed by atoms with Crippen LogP contribution in [0.3, 0.4) is 0 Å². The van der Waals surface area contributed by atoms with E-state index < -0.39 is 0 Å². The third-order valence-corrected chi connectivity index (χ3v) is 1.51. The molecule has 2 rings (SSSR count). The topological polar surface area (TPSA) is 12.9 Å². The Morgan fingerprint density at radius 1 is 0.909 bits per heavy atom. The van der Waals surface area contributed by atoms with E-state index >= 15 is 0 Å². The fourth-order valence-corrected chi connectivity index (χ4v) is 1.02. The SMILES string of the molecule is [Fe].c1ccc2ncccc2c1. The normalized spacial score (nSPS) is 9.09. The van der Waals surface area contributed by atoms with Crippen LogP contribution in [0.15, 0.2) is 42.6 Å². The third-order valence-electron chi connectivity index (χ3n) is 1.51. The first-order valence-corrected chi connectivity index (χ1v) is 3.26. The largest absolute Gasteiger partial charge is 0.256 e. The van der Waals surface area contributed by atoms with E-state index in [2.05, 4.69) is 17.1 Å². The Morgan fingerprint density at radius 2 is 1.64 bits per heavy atom. The van der Waals surface area contributed by atoms with Gasteiger partial charge in [-0.05, 0) is 12.1 Å². The molecule has 0 saturated carbocycles. The molecule has 0 spiro atoms. The Hall–Kier alpha value is -0.851. The van der Waals surface area contributed by atoms with Crippen molar-refractivity contribution in [3.8, 4) is 0 Å². The molecule has 0 amide bonds. The van der Waals surface area contributed by atoms with Crippen molar-refractivity contribution in [2.45, 2.75) is 0 Å². The summed E-state index contributed by atoms with van der Waals surface area (Å²) in [5.41, 5.74) is 1.06. The number of para-hydroxylation sites is 1. The van der Waals surface area contributed by atoms with Crippen LogP contribution < -0.4 is 0 Å². The molecule has 0 radical (unpaired) electrons. The maximum Gasteiger partial charge on any atom is 0.0701 e. The van der Waals surface area contributed by atoms with Gasteiger partial charge in [-0.2, -0.15) is 0 Å². The van der Waals surface area contributed by atoms with Gasteiger partial charge in [0.1, 0.15) is 0 Å². The number of aromatic nitrogens is 1. The minimum Gasteiger partial charge on any atom is -0.256 e. The number of fused-ring (bicyclic) bond motifs is 1. The minimum atomic E-state index is 0. The molecule has 0 bridgehead atoms. The van der Waals surface area contributed by atoms with Gasteiger partial charge in [-0.1, -0.05) is 24.3 Å². The van der Waals surface area contributed by atoms with E-state index in [1.54, 1.807) is 0 Å². The van der Waals surface area contributed by atoms with Crippen molar-refractivity contribution in [3.63, 3.8) is 0 Å². The monoisotopic (exact) mass is 185 g/mol. The van der Waals surface area contributed by atoms with Crippen LogP contribution in [0.25, 0.3) is 10.9 Å². The number of hydrogen-bond acceptors (Lipinski definition) is 1. The summed E-state index contributed by atoms with van der Waals surface area (Å²) >= 11 is 0. The van der Waals surface area contributed by atoms with Gasteiger partial charge in [0.05, 0.1) is 5.52 Å². The molecule has 0 atom stereocenters. The van der Waals surface area contributed by atoms with Crippen LogP contribution >= 0.6 is 0 Å². The third kappa shape index (κ3) is 1.59.